The van der Waals surface area contributed by atoms with Crippen LogP contribution >= 0.6 is 11.8 Å². The van der Waals surface area contributed by atoms with Crippen LogP contribution in [-0.2, 0) is 15.7 Å². The number of halogens is 3. The van der Waals surface area contributed by atoms with Crippen LogP contribution in [0.5, 0.6) is 0 Å². The van der Waals surface area contributed by atoms with Crippen LogP contribution in [-0.4, -0.2) is 23.7 Å². The Kier molecular flexibility index (Phi) is 8.04. The molecule has 1 amide bonds. The van der Waals surface area contributed by atoms with Crippen LogP contribution in [0, 0.1) is 11.3 Å². The van der Waals surface area contributed by atoms with Gasteiger partial charge in [0.1, 0.15) is 5.60 Å². The van der Waals surface area contributed by atoms with E-state index in [9.17, 15) is 28.0 Å². The Morgan fingerprint density at radius 1 is 1.14 bits per heavy atom. The van der Waals surface area contributed by atoms with Gasteiger partial charge >= 0.3 is 12.3 Å². The minimum absolute atomic E-state index is 0.133. The molecule has 0 aromatic heterocycles. The molecule has 1 atom stereocenters. The number of carbonyl (C=O) groups excluding carboxylic acids is 2. The number of nitriles is 1. The molecule has 0 spiro atoms. The summed E-state index contributed by atoms with van der Waals surface area (Å²) in [5.74, 6) is -0.248. The van der Waals surface area contributed by atoms with E-state index in [4.69, 9.17) is 4.74 Å². The number of anilines is 1. The molecular weight excluding hydrogens is 491 g/mol. The monoisotopic (exact) mass is 517 g/mol. The minimum Gasteiger partial charge on any atom is -0.444 e. The number of nitrogens with zero attached hydrogens (tertiary/aromatic N) is 1. The molecule has 1 aliphatic carbocycles. The Morgan fingerprint density at radius 3 is 2.47 bits per heavy atom. The number of amides is 1. The smallest absolute Gasteiger partial charge is 0.416 e. The molecule has 36 heavy (non-hydrogen) atoms. The molecule has 190 valence electrons. The van der Waals surface area contributed by atoms with E-state index in [-0.39, 0.29) is 29.9 Å². The zero-order valence-electron chi connectivity index (χ0n) is 20.2. The van der Waals surface area contributed by atoms with Gasteiger partial charge in [0.15, 0.2) is 5.78 Å². The van der Waals surface area contributed by atoms with Gasteiger partial charge in [0.25, 0.3) is 0 Å². The summed E-state index contributed by atoms with van der Waals surface area (Å²) < 4.78 is 45.1. The van der Waals surface area contributed by atoms with Crippen molar-refractivity contribution >= 4 is 29.3 Å². The first-order chi connectivity index (χ1) is 16.8. The quantitative estimate of drug-likeness (QED) is 0.420. The van der Waals surface area contributed by atoms with Crippen LogP contribution in [0.4, 0.5) is 23.7 Å². The van der Waals surface area contributed by atoms with E-state index < -0.39 is 29.5 Å². The number of rotatable bonds is 6. The molecule has 0 heterocycles. The highest BCUT2D eigenvalue weighted by Crippen LogP contribution is 2.38. The fraction of sp³-hybridized carbons (Fsp3) is 0.346. The van der Waals surface area contributed by atoms with Crippen LogP contribution in [0.3, 0.4) is 0 Å². The van der Waals surface area contributed by atoms with Crippen LogP contribution in [0.15, 0.2) is 58.6 Å². The second-order valence-electron chi connectivity index (χ2n) is 9.17. The van der Waals surface area contributed by atoms with Gasteiger partial charge in [-0.15, -0.1) is 11.8 Å². The number of ether oxygens (including phenoxy) is 1. The molecule has 2 aromatic rings. The summed E-state index contributed by atoms with van der Waals surface area (Å²) in [6, 6.07) is 10.7. The summed E-state index contributed by atoms with van der Waals surface area (Å²) in [4.78, 5) is 26.5. The van der Waals surface area contributed by atoms with Gasteiger partial charge in [-0.1, -0.05) is 12.1 Å². The van der Waals surface area contributed by atoms with Crippen molar-refractivity contribution in [2.75, 3.05) is 11.6 Å². The van der Waals surface area contributed by atoms with E-state index in [1.165, 1.54) is 23.9 Å². The number of Topliss-reactive ketones (excluding diaryl/α,β-unsaturated/α-hetero) is 1. The third-order valence-corrected chi connectivity index (χ3v) is 6.13. The van der Waals surface area contributed by atoms with Crippen molar-refractivity contribution in [1.29, 1.82) is 5.26 Å². The largest absolute Gasteiger partial charge is 0.444 e. The van der Waals surface area contributed by atoms with Crippen LogP contribution in [0.25, 0.3) is 0 Å². The van der Waals surface area contributed by atoms with Gasteiger partial charge in [0.05, 0.1) is 23.2 Å². The number of hydrogen-bond acceptors (Lipinski definition) is 6. The van der Waals surface area contributed by atoms with Crippen molar-refractivity contribution in [1.82, 2.24) is 5.32 Å². The van der Waals surface area contributed by atoms with Crippen LogP contribution < -0.4 is 10.6 Å². The van der Waals surface area contributed by atoms with Crippen molar-refractivity contribution in [2.45, 2.75) is 56.3 Å². The summed E-state index contributed by atoms with van der Waals surface area (Å²) in [5.41, 5.74) is 0.186. The zero-order valence-corrected chi connectivity index (χ0v) is 21.1. The number of alkyl carbamates (subject to hydrolysis) is 1. The van der Waals surface area contributed by atoms with E-state index in [2.05, 4.69) is 16.7 Å². The van der Waals surface area contributed by atoms with Gasteiger partial charge in [-0.2, -0.15) is 18.4 Å². The molecule has 1 unspecified atom stereocenters. The number of alkyl halides is 3. The van der Waals surface area contributed by atoms with E-state index in [1.54, 1.807) is 45.2 Å². The fourth-order valence-corrected chi connectivity index (χ4v) is 4.51. The highest BCUT2D eigenvalue weighted by Gasteiger charge is 2.35. The molecule has 0 saturated carbocycles. The van der Waals surface area contributed by atoms with Crippen molar-refractivity contribution in [3.63, 3.8) is 0 Å². The number of nitrogens with one attached hydrogen (secondary N) is 2. The average Bonchev–Trinajstić information content (AvgIpc) is 3.15. The van der Waals surface area contributed by atoms with Gasteiger partial charge in [-0.05, 0) is 69.3 Å². The third kappa shape index (κ3) is 6.61. The minimum atomic E-state index is -4.52. The van der Waals surface area contributed by atoms with E-state index >= 15 is 0 Å². The average molecular weight is 518 g/mol. The maximum atomic E-state index is 13.2. The standard InChI is InChI=1S/C26H26F3N3O3S/c1-25(2,3)35-24(34)32-23(18-9-8-15(14-30)12-21(18)36-4)22-19(10-11-20(22)33)31-17-7-5-6-16(13-17)26(27,28)29/h5-9,12-13,23,31H,10-11H2,1-4H3,(H,32,34). The first-order valence-electron chi connectivity index (χ1n) is 11.1. The van der Waals surface area contributed by atoms with Gasteiger partial charge in [-0.25, -0.2) is 4.79 Å². The first-order valence-corrected chi connectivity index (χ1v) is 12.3. The van der Waals surface area contributed by atoms with Crippen molar-refractivity contribution < 1.29 is 27.5 Å². The number of benzene rings is 2. The molecule has 0 saturated heterocycles. The summed E-state index contributed by atoms with van der Waals surface area (Å²) in [6.45, 7) is 5.12. The molecule has 0 radical (unpaired) electrons. The maximum absolute atomic E-state index is 13.2. The summed E-state index contributed by atoms with van der Waals surface area (Å²) in [5, 5.41) is 15.0. The highest BCUT2D eigenvalue weighted by molar-refractivity contribution is 7.98. The van der Waals surface area contributed by atoms with Crippen molar-refractivity contribution in [2.24, 2.45) is 0 Å². The lowest BCUT2D eigenvalue weighted by molar-refractivity contribution is -0.137. The Bertz CT molecular complexity index is 1240. The predicted molar refractivity (Wildman–Crippen MR) is 131 cm³/mol. The second kappa shape index (κ2) is 10.7. The van der Waals surface area contributed by atoms with Gasteiger partial charge in [0.2, 0.25) is 0 Å². The second-order valence-corrected chi connectivity index (χ2v) is 10.0. The predicted octanol–water partition coefficient (Wildman–Crippen LogP) is 6.59. The van der Waals surface area contributed by atoms with Gasteiger partial charge < -0.3 is 15.4 Å². The molecule has 6 nitrogen and oxygen atoms in total. The topological polar surface area (TPSA) is 91.2 Å². The maximum Gasteiger partial charge on any atom is 0.416 e. The lowest BCUT2D eigenvalue weighted by atomic mass is 9.95. The molecule has 0 fully saturated rings. The number of allylic oxidation sites excluding steroid dienone is 1. The highest BCUT2D eigenvalue weighted by atomic mass is 32.2. The molecule has 2 N–H and O–H groups in total. The molecule has 1 aliphatic rings. The molecular formula is C26H26F3N3O3S. The Balaban J connectivity index is 2.10. The lowest BCUT2D eigenvalue weighted by Crippen LogP contribution is -2.37. The Labute approximate surface area is 211 Å². The molecule has 3 rings (SSSR count). The Hall–Kier alpha value is -3.45. The van der Waals surface area contributed by atoms with E-state index in [0.717, 1.165) is 12.1 Å². The van der Waals surface area contributed by atoms with Crippen molar-refractivity contribution in [3.05, 3.63) is 70.4 Å². The number of hydrogen-bond donors (Lipinski definition) is 2. The van der Waals surface area contributed by atoms with E-state index in [0.29, 0.717) is 21.7 Å². The summed E-state index contributed by atoms with van der Waals surface area (Å²) in [7, 11) is 0. The molecule has 2 aromatic carbocycles. The fourth-order valence-electron chi connectivity index (χ4n) is 3.84. The van der Waals surface area contributed by atoms with Crippen LogP contribution in [0.2, 0.25) is 0 Å². The summed E-state index contributed by atoms with van der Waals surface area (Å²) in [6.07, 6.45) is -3.07. The summed E-state index contributed by atoms with van der Waals surface area (Å²) >= 11 is 1.34. The molecule has 0 aliphatic heterocycles. The van der Waals surface area contributed by atoms with Crippen molar-refractivity contribution in [3.8, 4) is 6.07 Å². The molecule has 0 bridgehead atoms. The lowest BCUT2D eigenvalue weighted by Gasteiger charge is -2.26. The number of ketones is 1. The Morgan fingerprint density at radius 2 is 1.86 bits per heavy atom. The zero-order chi connectivity index (χ0) is 26.7. The normalized spacial score (nSPS) is 14.9. The third-order valence-electron chi connectivity index (χ3n) is 5.34. The molecule has 10 heteroatoms. The van der Waals surface area contributed by atoms with Crippen LogP contribution in [0.1, 0.15) is 56.3 Å². The number of thioether (sulfide) groups is 1. The first kappa shape index (κ1) is 27.1. The van der Waals surface area contributed by atoms with E-state index in [1.807, 2.05) is 0 Å². The van der Waals surface area contributed by atoms with Gasteiger partial charge in [0, 0.05) is 28.3 Å². The SMILES string of the molecule is CSc1cc(C#N)ccc1C(NC(=O)OC(C)(C)C)C1=C(Nc2cccc(C(F)(F)F)c2)CCC1=O. The van der Waals surface area contributed by atoms with Gasteiger partial charge in [-0.3, -0.25) is 4.79 Å². The number of carbonyl (C=O) groups is 2.